The Morgan fingerprint density at radius 3 is 2.73 bits per heavy atom. The van der Waals surface area contributed by atoms with Gasteiger partial charge in [-0.3, -0.25) is 9.78 Å². The molecular weight excluding hydrogens is 328 g/mol. The molecule has 130 valence electrons. The lowest BCUT2D eigenvalue weighted by atomic mass is 10.1. The fourth-order valence-electron chi connectivity index (χ4n) is 3.10. The van der Waals surface area contributed by atoms with E-state index in [1.54, 1.807) is 0 Å². The van der Waals surface area contributed by atoms with Crippen molar-refractivity contribution in [3.63, 3.8) is 0 Å². The number of para-hydroxylation sites is 3. The predicted molar refractivity (Wildman–Crippen MR) is 99.8 cm³/mol. The van der Waals surface area contributed by atoms with Gasteiger partial charge in [-0.25, -0.2) is 4.98 Å². The first-order chi connectivity index (χ1) is 12.6. The molecule has 0 radical (unpaired) electrons. The number of benzene rings is 2. The normalized spacial score (nSPS) is 12.4. The van der Waals surface area contributed by atoms with Gasteiger partial charge in [0.2, 0.25) is 0 Å². The largest absolute Gasteiger partial charge is 0.386 e. The van der Waals surface area contributed by atoms with E-state index in [1.165, 1.54) is 6.20 Å². The Hall–Kier alpha value is -3.25. The molecule has 2 N–H and O–H groups in total. The van der Waals surface area contributed by atoms with Crippen molar-refractivity contribution < 1.29 is 9.90 Å². The molecular formula is C20H18N4O2. The third-order valence-electron chi connectivity index (χ3n) is 4.42. The number of hydrogen-bond acceptors (Lipinski definition) is 4. The second-order valence-electron chi connectivity index (χ2n) is 6.18. The molecule has 1 unspecified atom stereocenters. The van der Waals surface area contributed by atoms with Crippen LogP contribution in [0.25, 0.3) is 21.9 Å². The van der Waals surface area contributed by atoms with Gasteiger partial charge < -0.3 is 15.0 Å². The van der Waals surface area contributed by atoms with Crippen LogP contribution >= 0.6 is 0 Å². The predicted octanol–water partition coefficient (Wildman–Crippen LogP) is 2.58. The third-order valence-corrected chi connectivity index (χ3v) is 4.42. The van der Waals surface area contributed by atoms with E-state index >= 15 is 0 Å². The fourth-order valence-corrected chi connectivity index (χ4v) is 3.10. The summed E-state index contributed by atoms with van der Waals surface area (Å²) in [6.07, 6.45) is 2.53. The number of nitrogens with zero attached hydrogens (tertiary/aromatic N) is 3. The molecule has 1 amide bonds. The summed E-state index contributed by atoms with van der Waals surface area (Å²) >= 11 is 0. The highest BCUT2D eigenvalue weighted by atomic mass is 16.3. The molecule has 1 atom stereocenters. The number of hydrogen-bond donors (Lipinski definition) is 2. The minimum atomic E-state index is -0.807. The topological polar surface area (TPSA) is 80.0 Å². The summed E-state index contributed by atoms with van der Waals surface area (Å²) in [6.45, 7) is 0.0986. The number of carbonyl (C=O) groups is 1. The number of aromatic nitrogens is 3. The van der Waals surface area contributed by atoms with Crippen molar-refractivity contribution in [2.24, 2.45) is 7.05 Å². The Balaban J connectivity index is 1.51. The zero-order chi connectivity index (χ0) is 18.1. The standard InChI is InChI=1S/C20H18N4O2/c1-24-12-14(13-6-2-5-9-18(13)24)19(25)11-22-20(26)17-10-21-15-7-3-4-8-16(15)23-17/h2-10,12,19,25H,11H2,1H3,(H,22,26). The highest BCUT2D eigenvalue weighted by Crippen LogP contribution is 2.25. The number of carbonyl (C=O) groups excluding carboxylic acids is 1. The summed E-state index contributed by atoms with van der Waals surface area (Å²) < 4.78 is 1.96. The molecule has 4 rings (SSSR count). The summed E-state index contributed by atoms with van der Waals surface area (Å²) in [5, 5.41) is 14.2. The van der Waals surface area contributed by atoms with Crippen LogP contribution in [0.4, 0.5) is 0 Å². The smallest absolute Gasteiger partial charge is 0.271 e. The van der Waals surface area contributed by atoms with Gasteiger partial charge in [-0.1, -0.05) is 30.3 Å². The number of aliphatic hydroxyl groups is 1. The number of aliphatic hydroxyl groups excluding tert-OH is 1. The first-order valence-corrected chi connectivity index (χ1v) is 8.35. The molecule has 0 aliphatic rings. The van der Waals surface area contributed by atoms with Crippen LogP contribution in [0.15, 0.2) is 60.9 Å². The van der Waals surface area contributed by atoms with Gasteiger partial charge in [-0.05, 0) is 18.2 Å². The number of fused-ring (bicyclic) bond motifs is 2. The zero-order valence-electron chi connectivity index (χ0n) is 14.3. The van der Waals surface area contributed by atoms with Crippen LogP contribution in [0.2, 0.25) is 0 Å². The van der Waals surface area contributed by atoms with Crippen LogP contribution in [0.5, 0.6) is 0 Å². The van der Waals surface area contributed by atoms with Crippen LogP contribution < -0.4 is 5.32 Å². The van der Waals surface area contributed by atoms with Crippen molar-refractivity contribution in [3.05, 3.63) is 72.2 Å². The van der Waals surface area contributed by atoms with E-state index in [9.17, 15) is 9.90 Å². The molecule has 6 heteroatoms. The molecule has 6 nitrogen and oxygen atoms in total. The maximum atomic E-state index is 12.4. The quantitative estimate of drug-likeness (QED) is 0.595. The van der Waals surface area contributed by atoms with Crippen LogP contribution in [0.1, 0.15) is 22.2 Å². The molecule has 2 aromatic heterocycles. The molecule has 0 saturated carbocycles. The molecule has 26 heavy (non-hydrogen) atoms. The first-order valence-electron chi connectivity index (χ1n) is 8.35. The summed E-state index contributed by atoms with van der Waals surface area (Å²) in [6, 6.07) is 15.2. The number of amides is 1. The lowest BCUT2D eigenvalue weighted by Crippen LogP contribution is -2.29. The van der Waals surface area contributed by atoms with Gasteiger partial charge in [0.1, 0.15) is 5.69 Å². The maximum absolute atomic E-state index is 12.4. The van der Waals surface area contributed by atoms with Crippen molar-refractivity contribution in [2.45, 2.75) is 6.10 Å². The lowest BCUT2D eigenvalue weighted by Gasteiger charge is -2.11. The SMILES string of the molecule is Cn1cc(C(O)CNC(=O)c2cnc3ccccc3n2)c2ccccc21. The van der Waals surface area contributed by atoms with Gasteiger partial charge in [0.15, 0.2) is 0 Å². The lowest BCUT2D eigenvalue weighted by molar-refractivity contribution is 0.0912. The summed E-state index contributed by atoms with van der Waals surface area (Å²) in [4.78, 5) is 20.9. The van der Waals surface area contributed by atoms with Gasteiger partial charge >= 0.3 is 0 Å². The molecule has 0 fully saturated rings. The molecule has 4 aromatic rings. The minimum absolute atomic E-state index is 0.0986. The minimum Gasteiger partial charge on any atom is -0.386 e. The third kappa shape index (κ3) is 2.91. The Morgan fingerprint density at radius 2 is 1.88 bits per heavy atom. The highest BCUT2D eigenvalue weighted by molar-refractivity contribution is 5.93. The number of rotatable bonds is 4. The summed E-state index contributed by atoms with van der Waals surface area (Å²) in [7, 11) is 1.93. The van der Waals surface area contributed by atoms with E-state index < -0.39 is 6.10 Å². The molecule has 0 spiro atoms. The van der Waals surface area contributed by atoms with Crippen LogP contribution in [-0.2, 0) is 7.05 Å². The monoisotopic (exact) mass is 346 g/mol. The Labute approximate surface area is 150 Å². The molecule has 0 bridgehead atoms. The second kappa shape index (κ2) is 6.57. The van der Waals surface area contributed by atoms with E-state index in [0.29, 0.717) is 5.52 Å². The van der Waals surface area contributed by atoms with E-state index in [2.05, 4.69) is 15.3 Å². The highest BCUT2D eigenvalue weighted by Gasteiger charge is 2.16. The molecule has 0 aliphatic carbocycles. The first kappa shape index (κ1) is 16.2. The van der Waals surface area contributed by atoms with Gasteiger partial charge in [0.25, 0.3) is 5.91 Å². The molecule has 0 aliphatic heterocycles. The van der Waals surface area contributed by atoms with Crippen LogP contribution in [-0.4, -0.2) is 32.1 Å². The Kier molecular flexibility index (Phi) is 4.10. The van der Waals surface area contributed by atoms with E-state index in [0.717, 1.165) is 22.0 Å². The summed E-state index contributed by atoms with van der Waals surface area (Å²) in [5.74, 6) is -0.359. The van der Waals surface area contributed by atoms with Crippen molar-refractivity contribution in [3.8, 4) is 0 Å². The Bertz CT molecular complexity index is 1100. The van der Waals surface area contributed by atoms with Crippen LogP contribution in [0, 0.1) is 0 Å². The average molecular weight is 346 g/mol. The van der Waals surface area contributed by atoms with Gasteiger partial charge in [-0.2, -0.15) is 0 Å². The van der Waals surface area contributed by atoms with Crippen molar-refractivity contribution in [1.82, 2.24) is 19.9 Å². The maximum Gasteiger partial charge on any atom is 0.271 e. The zero-order valence-corrected chi connectivity index (χ0v) is 14.3. The molecule has 0 saturated heterocycles. The van der Waals surface area contributed by atoms with E-state index in [4.69, 9.17) is 0 Å². The van der Waals surface area contributed by atoms with E-state index in [-0.39, 0.29) is 18.1 Å². The van der Waals surface area contributed by atoms with Crippen molar-refractivity contribution in [2.75, 3.05) is 6.54 Å². The second-order valence-corrected chi connectivity index (χ2v) is 6.18. The average Bonchev–Trinajstić information content (AvgIpc) is 3.02. The Morgan fingerprint density at radius 1 is 1.15 bits per heavy atom. The molecule has 2 heterocycles. The van der Waals surface area contributed by atoms with Gasteiger partial charge in [0, 0.05) is 36.3 Å². The van der Waals surface area contributed by atoms with Crippen LogP contribution in [0.3, 0.4) is 0 Å². The number of nitrogens with one attached hydrogen (secondary N) is 1. The number of aryl methyl sites for hydroxylation is 1. The summed E-state index contributed by atoms with van der Waals surface area (Å²) in [5.41, 5.74) is 3.45. The van der Waals surface area contributed by atoms with E-state index in [1.807, 2.05) is 66.3 Å². The molecule has 2 aromatic carbocycles. The van der Waals surface area contributed by atoms with Crippen molar-refractivity contribution >= 4 is 27.8 Å². The van der Waals surface area contributed by atoms with Gasteiger partial charge in [0.05, 0.1) is 23.3 Å². The fraction of sp³-hybridized carbons (Fsp3) is 0.150. The van der Waals surface area contributed by atoms with Gasteiger partial charge in [-0.15, -0.1) is 0 Å². The van der Waals surface area contributed by atoms with Crippen molar-refractivity contribution in [1.29, 1.82) is 0 Å².